The summed E-state index contributed by atoms with van der Waals surface area (Å²) in [5.41, 5.74) is 0.959. The van der Waals surface area contributed by atoms with E-state index in [4.69, 9.17) is 18.6 Å². The minimum atomic E-state index is -0.712. The molecule has 182 valence electrons. The average molecular weight is 479 g/mol. The lowest BCUT2D eigenvalue weighted by Gasteiger charge is -2.37. The highest BCUT2D eigenvalue weighted by Crippen LogP contribution is 2.31. The van der Waals surface area contributed by atoms with Crippen molar-refractivity contribution in [2.24, 2.45) is 0 Å². The molecule has 0 spiro atoms. The van der Waals surface area contributed by atoms with E-state index in [0.29, 0.717) is 54.6 Å². The van der Waals surface area contributed by atoms with Crippen LogP contribution in [0, 0.1) is 6.92 Å². The summed E-state index contributed by atoms with van der Waals surface area (Å²) in [4.78, 5) is 41.9. The van der Waals surface area contributed by atoms with Gasteiger partial charge in [-0.15, -0.1) is 0 Å². The highest BCUT2D eigenvalue weighted by molar-refractivity contribution is 5.86. The van der Waals surface area contributed by atoms with Gasteiger partial charge in [0.2, 0.25) is 12.0 Å². The topological polar surface area (TPSA) is 98.5 Å². The van der Waals surface area contributed by atoms with Crippen molar-refractivity contribution in [2.75, 3.05) is 39.9 Å². The zero-order chi connectivity index (χ0) is 24.5. The first-order valence-electron chi connectivity index (χ1n) is 11.5. The molecule has 5 rings (SSSR count). The molecular formula is C26H26N2O7. The molecule has 0 unspecified atom stereocenters. The van der Waals surface area contributed by atoms with Gasteiger partial charge in [0.15, 0.2) is 11.5 Å². The quantitative estimate of drug-likeness (QED) is 0.530. The zero-order valence-electron chi connectivity index (χ0n) is 19.6. The third kappa shape index (κ3) is 4.41. The molecule has 2 aliphatic rings. The van der Waals surface area contributed by atoms with Gasteiger partial charge in [-0.25, -0.2) is 4.79 Å². The Morgan fingerprint density at radius 2 is 1.74 bits per heavy atom. The molecule has 2 aromatic carbocycles. The maximum atomic E-state index is 13.0. The molecule has 2 aliphatic heterocycles. The Labute approximate surface area is 201 Å². The van der Waals surface area contributed by atoms with Gasteiger partial charge in [0.25, 0.3) is 5.91 Å². The lowest BCUT2D eigenvalue weighted by atomic mass is 10.0. The monoisotopic (exact) mass is 478 g/mol. The minimum absolute atomic E-state index is 0.0551. The Morgan fingerprint density at radius 1 is 1.03 bits per heavy atom. The van der Waals surface area contributed by atoms with Gasteiger partial charge in [-0.1, -0.05) is 12.1 Å². The standard InChI is InChI=1S/C26H26N2O7/c1-16-18-8-7-17(32-2)13-22(18)35-26(31)19(16)14-24(29)27-9-11-28(12-10-27)25(30)23-15-33-20-5-3-4-6-21(20)34-23/h3-8,13,23H,9-12,14-15H2,1-2H3/t23-/m1/s1. The number of rotatable bonds is 4. The number of hydrogen-bond donors (Lipinski definition) is 0. The lowest BCUT2D eigenvalue weighted by molar-refractivity contribution is -0.146. The first-order valence-corrected chi connectivity index (χ1v) is 11.5. The number of para-hydroxylation sites is 2. The van der Waals surface area contributed by atoms with Crippen LogP contribution in [0.5, 0.6) is 17.2 Å². The van der Waals surface area contributed by atoms with Gasteiger partial charge in [-0.05, 0) is 36.8 Å². The third-order valence-electron chi connectivity index (χ3n) is 6.55. The van der Waals surface area contributed by atoms with E-state index >= 15 is 0 Å². The van der Waals surface area contributed by atoms with Crippen molar-refractivity contribution in [1.82, 2.24) is 9.80 Å². The average Bonchev–Trinajstić information content (AvgIpc) is 2.90. The van der Waals surface area contributed by atoms with Gasteiger partial charge >= 0.3 is 5.63 Å². The second kappa shape index (κ2) is 9.32. The van der Waals surface area contributed by atoms with Crippen molar-refractivity contribution in [3.05, 3.63) is 64.0 Å². The Bertz CT molecular complexity index is 1340. The molecule has 2 amide bonds. The maximum absolute atomic E-state index is 13.0. The molecule has 1 saturated heterocycles. The first kappa shape index (κ1) is 22.8. The van der Waals surface area contributed by atoms with Gasteiger partial charge in [0.05, 0.1) is 19.1 Å². The molecule has 9 nitrogen and oxygen atoms in total. The number of fused-ring (bicyclic) bond motifs is 2. The Morgan fingerprint density at radius 3 is 2.49 bits per heavy atom. The summed E-state index contributed by atoms with van der Waals surface area (Å²) in [6.07, 6.45) is -0.767. The molecule has 1 aromatic heterocycles. The highest BCUT2D eigenvalue weighted by Gasteiger charge is 2.33. The zero-order valence-corrected chi connectivity index (χ0v) is 19.6. The van der Waals surface area contributed by atoms with Crippen LogP contribution in [0.15, 0.2) is 51.7 Å². The summed E-state index contributed by atoms with van der Waals surface area (Å²) < 4.78 is 22.1. The number of nitrogens with zero attached hydrogens (tertiary/aromatic N) is 2. The molecule has 1 atom stereocenters. The Balaban J connectivity index is 1.22. The van der Waals surface area contributed by atoms with Crippen molar-refractivity contribution in [1.29, 1.82) is 0 Å². The molecule has 0 radical (unpaired) electrons. The van der Waals surface area contributed by atoms with Crippen LogP contribution < -0.4 is 19.8 Å². The number of hydrogen-bond acceptors (Lipinski definition) is 7. The van der Waals surface area contributed by atoms with Gasteiger partial charge in [-0.3, -0.25) is 9.59 Å². The largest absolute Gasteiger partial charge is 0.497 e. The summed E-state index contributed by atoms with van der Waals surface area (Å²) >= 11 is 0. The molecule has 3 heterocycles. The van der Waals surface area contributed by atoms with Crippen LogP contribution >= 0.6 is 0 Å². The smallest absolute Gasteiger partial charge is 0.340 e. The number of ether oxygens (including phenoxy) is 3. The van der Waals surface area contributed by atoms with Crippen LogP contribution in [-0.4, -0.2) is 67.6 Å². The molecule has 3 aromatic rings. The van der Waals surface area contributed by atoms with E-state index < -0.39 is 11.7 Å². The van der Waals surface area contributed by atoms with Crippen LogP contribution in [0.2, 0.25) is 0 Å². The van der Waals surface area contributed by atoms with Gasteiger partial charge < -0.3 is 28.4 Å². The van der Waals surface area contributed by atoms with Crippen LogP contribution in [0.4, 0.5) is 0 Å². The summed E-state index contributed by atoms with van der Waals surface area (Å²) in [6.45, 7) is 3.50. The normalized spacial score (nSPS) is 17.4. The number of benzene rings is 2. The second-order valence-corrected chi connectivity index (χ2v) is 8.60. The van der Waals surface area contributed by atoms with E-state index in [2.05, 4.69) is 0 Å². The van der Waals surface area contributed by atoms with Crippen LogP contribution in [-0.2, 0) is 16.0 Å². The number of methoxy groups -OCH3 is 1. The minimum Gasteiger partial charge on any atom is -0.497 e. The van der Waals surface area contributed by atoms with E-state index in [0.717, 1.165) is 10.9 Å². The van der Waals surface area contributed by atoms with Crippen molar-refractivity contribution in [3.8, 4) is 17.2 Å². The Hall–Kier alpha value is -4.01. The summed E-state index contributed by atoms with van der Waals surface area (Å²) in [5.74, 6) is 1.43. The SMILES string of the molecule is COc1ccc2c(C)c(CC(=O)N3CCN(C(=O)[C@H]4COc5ccccc5O4)CC3)c(=O)oc2c1. The molecule has 0 aliphatic carbocycles. The number of aryl methyl sites for hydroxylation is 1. The van der Waals surface area contributed by atoms with Gasteiger partial charge in [-0.2, -0.15) is 0 Å². The molecule has 9 heteroatoms. The van der Waals surface area contributed by atoms with Crippen molar-refractivity contribution < 1.29 is 28.2 Å². The molecule has 0 N–H and O–H groups in total. The summed E-state index contributed by atoms with van der Waals surface area (Å²) in [5, 5.41) is 0.764. The van der Waals surface area contributed by atoms with E-state index in [-0.39, 0.29) is 24.8 Å². The first-order chi connectivity index (χ1) is 16.9. The molecule has 0 saturated carbocycles. The molecule has 1 fully saturated rings. The molecular weight excluding hydrogens is 452 g/mol. The van der Waals surface area contributed by atoms with Crippen molar-refractivity contribution in [2.45, 2.75) is 19.4 Å². The van der Waals surface area contributed by atoms with Crippen LogP contribution in [0.3, 0.4) is 0 Å². The number of amides is 2. The summed E-state index contributed by atoms with van der Waals surface area (Å²) in [6, 6.07) is 12.5. The fourth-order valence-electron chi connectivity index (χ4n) is 4.49. The fraction of sp³-hybridized carbons (Fsp3) is 0.346. The van der Waals surface area contributed by atoms with Gasteiger partial charge in [0.1, 0.15) is 17.9 Å². The maximum Gasteiger partial charge on any atom is 0.340 e. The number of carbonyl (C=O) groups excluding carboxylic acids is 2. The van der Waals surface area contributed by atoms with Gasteiger partial charge in [0, 0.05) is 37.6 Å². The fourth-order valence-corrected chi connectivity index (χ4v) is 4.49. The second-order valence-electron chi connectivity index (χ2n) is 8.60. The molecule has 0 bridgehead atoms. The Kier molecular flexibility index (Phi) is 6.07. The highest BCUT2D eigenvalue weighted by atomic mass is 16.6. The third-order valence-corrected chi connectivity index (χ3v) is 6.55. The predicted molar refractivity (Wildman–Crippen MR) is 127 cm³/mol. The number of piperazine rings is 1. The van der Waals surface area contributed by atoms with E-state index in [1.165, 1.54) is 0 Å². The van der Waals surface area contributed by atoms with Crippen molar-refractivity contribution >= 4 is 22.8 Å². The van der Waals surface area contributed by atoms with Crippen molar-refractivity contribution in [3.63, 3.8) is 0 Å². The van der Waals surface area contributed by atoms with E-state index in [1.807, 2.05) is 25.1 Å². The lowest BCUT2D eigenvalue weighted by Crippen LogP contribution is -2.55. The van der Waals surface area contributed by atoms with Crippen LogP contribution in [0.1, 0.15) is 11.1 Å². The number of carbonyl (C=O) groups is 2. The van der Waals surface area contributed by atoms with Crippen LogP contribution in [0.25, 0.3) is 11.0 Å². The van der Waals surface area contributed by atoms with E-state index in [1.54, 1.807) is 41.2 Å². The summed E-state index contributed by atoms with van der Waals surface area (Å²) in [7, 11) is 1.54. The predicted octanol–water partition coefficient (Wildman–Crippen LogP) is 2.16. The molecule has 35 heavy (non-hydrogen) atoms. The van der Waals surface area contributed by atoms with E-state index in [9.17, 15) is 14.4 Å².